The van der Waals surface area contributed by atoms with Gasteiger partial charge in [0.15, 0.2) is 0 Å². The van der Waals surface area contributed by atoms with Crippen molar-refractivity contribution in [1.29, 1.82) is 0 Å². The highest BCUT2D eigenvalue weighted by Gasteiger charge is 2.13. The molecule has 0 bridgehead atoms. The van der Waals surface area contributed by atoms with Gasteiger partial charge < -0.3 is 9.64 Å². The Bertz CT molecular complexity index is 525. The summed E-state index contributed by atoms with van der Waals surface area (Å²) in [4.78, 5) is 3.45. The molecule has 2 nitrogen and oxygen atoms in total. The van der Waals surface area contributed by atoms with Crippen molar-refractivity contribution < 1.29 is 4.74 Å². The molecule has 3 heteroatoms. The van der Waals surface area contributed by atoms with Crippen LogP contribution in [0.2, 0.25) is 0 Å². The molecular formula is C18H23NOS. The zero-order valence-electron chi connectivity index (χ0n) is 13.0. The van der Waals surface area contributed by atoms with E-state index in [4.69, 9.17) is 4.74 Å². The molecule has 112 valence electrons. The van der Waals surface area contributed by atoms with Gasteiger partial charge in [0, 0.05) is 17.9 Å². The third-order valence-corrected chi connectivity index (χ3v) is 4.09. The first-order valence-corrected chi connectivity index (χ1v) is 8.42. The molecule has 0 heterocycles. The number of ether oxygens (including phenoxy) is 1. The second-order valence-corrected chi connectivity index (χ2v) is 6.16. The predicted molar refractivity (Wildman–Crippen MR) is 91.2 cm³/mol. The van der Waals surface area contributed by atoms with Gasteiger partial charge in [-0.3, -0.25) is 0 Å². The molecule has 2 aromatic rings. The average molecular weight is 301 g/mol. The molecular weight excluding hydrogens is 278 g/mol. The van der Waals surface area contributed by atoms with E-state index in [-0.39, 0.29) is 6.10 Å². The van der Waals surface area contributed by atoms with E-state index in [9.17, 15) is 0 Å². The monoisotopic (exact) mass is 301 g/mol. The predicted octanol–water partition coefficient (Wildman–Crippen LogP) is 4.48. The van der Waals surface area contributed by atoms with Crippen LogP contribution in [0.4, 0.5) is 0 Å². The van der Waals surface area contributed by atoms with Gasteiger partial charge in [-0.2, -0.15) is 0 Å². The molecule has 0 N–H and O–H groups in total. The van der Waals surface area contributed by atoms with Gasteiger partial charge in [0.05, 0.1) is 0 Å². The Morgan fingerprint density at radius 2 is 1.67 bits per heavy atom. The molecule has 2 aromatic carbocycles. The highest BCUT2D eigenvalue weighted by molar-refractivity contribution is 7.98. The van der Waals surface area contributed by atoms with Gasteiger partial charge in [-0.25, -0.2) is 0 Å². The van der Waals surface area contributed by atoms with E-state index in [0.29, 0.717) is 0 Å². The Hall–Kier alpha value is -1.45. The molecule has 0 radical (unpaired) electrons. The van der Waals surface area contributed by atoms with Crippen molar-refractivity contribution in [3.05, 3.63) is 60.2 Å². The minimum Gasteiger partial charge on any atom is -0.486 e. The van der Waals surface area contributed by atoms with Crippen LogP contribution in [0.3, 0.4) is 0 Å². The van der Waals surface area contributed by atoms with Crippen LogP contribution in [-0.2, 0) is 0 Å². The summed E-state index contributed by atoms with van der Waals surface area (Å²) in [6, 6.07) is 18.8. The topological polar surface area (TPSA) is 12.5 Å². The zero-order chi connectivity index (χ0) is 15.1. The minimum absolute atomic E-state index is 0.0914. The third kappa shape index (κ3) is 5.10. The molecule has 0 aliphatic heterocycles. The van der Waals surface area contributed by atoms with Crippen molar-refractivity contribution in [3.63, 3.8) is 0 Å². The van der Waals surface area contributed by atoms with Crippen molar-refractivity contribution in [2.45, 2.75) is 17.4 Å². The highest BCUT2D eigenvalue weighted by Crippen LogP contribution is 2.26. The molecule has 2 rings (SSSR count). The smallest absolute Gasteiger partial charge is 0.125 e. The first-order valence-electron chi connectivity index (χ1n) is 7.19. The minimum atomic E-state index is 0.0914. The van der Waals surface area contributed by atoms with Gasteiger partial charge in [0.25, 0.3) is 0 Å². The summed E-state index contributed by atoms with van der Waals surface area (Å²) in [6.45, 7) is 1.00. The van der Waals surface area contributed by atoms with Gasteiger partial charge in [0.2, 0.25) is 0 Å². The van der Waals surface area contributed by atoms with Crippen molar-refractivity contribution in [1.82, 2.24) is 4.90 Å². The maximum atomic E-state index is 6.21. The van der Waals surface area contributed by atoms with Crippen molar-refractivity contribution in [2.75, 3.05) is 26.9 Å². The van der Waals surface area contributed by atoms with Crippen LogP contribution in [0.5, 0.6) is 5.75 Å². The second-order valence-electron chi connectivity index (χ2n) is 5.28. The van der Waals surface area contributed by atoms with E-state index in [2.05, 4.69) is 73.8 Å². The van der Waals surface area contributed by atoms with Crippen molar-refractivity contribution in [2.24, 2.45) is 0 Å². The lowest BCUT2D eigenvalue weighted by molar-refractivity contribution is 0.179. The van der Waals surface area contributed by atoms with Crippen LogP contribution in [-0.4, -0.2) is 31.8 Å². The van der Waals surface area contributed by atoms with Gasteiger partial charge >= 0.3 is 0 Å². The number of thioether (sulfide) groups is 1. The number of rotatable bonds is 7. The molecule has 0 amide bonds. The number of benzene rings is 2. The van der Waals surface area contributed by atoms with Crippen LogP contribution < -0.4 is 4.74 Å². The summed E-state index contributed by atoms with van der Waals surface area (Å²) in [5.74, 6) is 0.931. The van der Waals surface area contributed by atoms with Crippen LogP contribution in [0.25, 0.3) is 0 Å². The van der Waals surface area contributed by atoms with Crippen molar-refractivity contribution in [3.8, 4) is 5.75 Å². The molecule has 0 aliphatic carbocycles. The zero-order valence-corrected chi connectivity index (χ0v) is 13.8. The quantitative estimate of drug-likeness (QED) is 0.700. The van der Waals surface area contributed by atoms with E-state index in [1.54, 1.807) is 11.8 Å². The Balaban J connectivity index is 2.10. The maximum Gasteiger partial charge on any atom is 0.125 e. The fraction of sp³-hybridized carbons (Fsp3) is 0.333. The average Bonchev–Trinajstić information content (AvgIpc) is 2.52. The van der Waals surface area contributed by atoms with E-state index < -0.39 is 0 Å². The maximum absolute atomic E-state index is 6.21. The Labute approximate surface area is 132 Å². The molecule has 0 aromatic heterocycles. The summed E-state index contributed by atoms with van der Waals surface area (Å²) >= 11 is 1.74. The normalized spacial score (nSPS) is 12.4. The van der Waals surface area contributed by atoms with Gasteiger partial charge in [-0.1, -0.05) is 30.3 Å². The fourth-order valence-electron chi connectivity index (χ4n) is 2.16. The van der Waals surface area contributed by atoms with E-state index in [1.165, 1.54) is 10.5 Å². The van der Waals surface area contributed by atoms with Gasteiger partial charge in [-0.15, -0.1) is 11.8 Å². The third-order valence-electron chi connectivity index (χ3n) is 3.35. The number of nitrogens with zero attached hydrogens (tertiary/aromatic N) is 1. The van der Waals surface area contributed by atoms with Gasteiger partial charge in [0.1, 0.15) is 11.9 Å². The first-order chi connectivity index (χ1) is 10.2. The molecule has 0 spiro atoms. The number of hydrogen-bond acceptors (Lipinski definition) is 3. The molecule has 0 fully saturated rings. The Morgan fingerprint density at radius 3 is 2.24 bits per heavy atom. The van der Waals surface area contributed by atoms with E-state index in [1.807, 2.05) is 6.07 Å². The standard InChI is InChI=1S/C18H23NOS/c1-19(2)14-13-18(15-7-5-4-6-8-15)20-16-9-11-17(21-3)12-10-16/h4-12,18H,13-14H2,1-3H3. The first kappa shape index (κ1) is 15.9. The lowest BCUT2D eigenvalue weighted by atomic mass is 10.1. The Morgan fingerprint density at radius 1 is 1.00 bits per heavy atom. The van der Waals surface area contributed by atoms with Gasteiger partial charge in [-0.05, 0) is 50.2 Å². The van der Waals surface area contributed by atoms with Crippen molar-refractivity contribution >= 4 is 11.8 Å². The highest BCUT2D eigenvalue weighted by atomic mass is 32.2. The second kappa shape index (κ2) is 8.11. The SMILES string of the molecule is CSc1ccc(OC(CCN(C)C)c2ccccc2)cc1. The summed E-state index contributed by atoms with van der Waals surface area (Å²) in [7, 11) is 4.19. The lowest BCUT2D eigenvalue weighted by Crippen LogP contribution is -2.18. The molecule has 1 atom stereocenters. The van der Waals surface area contributed by atoms with Crippen LogP contribution >= 0.6 is 11.8 Å². The largest absolute Gasteiger partial charge is 0.486 e. The molecule has 21 heavy (non-hydrogen) atoms. The fourth-order valence-corrected chi connectivity index (χ4v) is 2.56. The molecule has 0 saturated heterocycles. The van der Waals surface area contributed by atoms with Crippen LogP contribution in [0, 0.1) is 0 Å². The van der Waals surface area contributed by atoms with Crippen LogP contribution in [0.1, 0.15) is 18.1 Å². The summed E-state index contributed by atoms with van der Waals surface area (Å²) in [6.07, 6.45) is 3.15. The van der Waals surface area contributed by atoms with E-state index >= 15 is 0 Å². The summed E-state index contributed by atoms with van der Waals surface area (Å²) in [5.41, 5.74) is 1.23. The Kier molecular flexibility index (Phi) is 6.15. The molecule has 1 unspecified atom stereocenters. The molecule has 0 saturated carbocycles. The van der Waals surface area contributed by atoms with Crippen LogP contribution in [0.15, 0.2) is 59.5 Å². The summed E-state index contributed by atoms with van der Waals surface area (Å²) < 4.78 is 6.21. The van der Waals surface area contributed by atoms with E-state index in [0.717, 1.165) is 18.7 Å². The molecule has 0 aliphatic rings. The lowest BCUT2D eigenvalue weighted by Gasteiger charge is -2.21. The number of hydrogen-bond donors (Lipinski definition) is 0. The summed E-state index contributed by atoms with van der Waals surface area (Å²) in [5, 5.41) is 0.